The summed E-state index contributed by atoms with van der Waals surface area (Å²) in [5.41, 5.74) is 11.8. The molecule has 0 saturated carbocycles. The fourth-order valence-corrected chi connectivity index (χ4v) is 3.22. The highest BCUT2D eigenvalue weighted by Gasteiger charge is 2.37. The Morgan fingerprint density at radius 2 is 1.23 bits per heavy atom. The van der Waals surface area contributed by atoms with E-state index in [4.69, 9.17) is 11.5 Å². The topological polar surface area (TPSA) is 69.1 Å². The summed E-state index contributed by atoms with van der Waals surface area (Å²) in [5.74, 6) is 0. The predicted octanol–water partition coefficient (Wildman–Crippen LogP) is 5.12. The van der Waals surface area contributed by atoms with Crippen LogP contribution in [0.25, 0.3) is 22.3 Å². The van der Waals surface area contributed by atoms with Gasteiger partial charge in [0.05, 0.1) is 5.56 Å². The zero-order valence-electron chi connectivity index (χ0n) is 13.4. The molecule has 3 aromatic carbocycles. The van der Waals surface area contributed by atoms with Crippen LogP contribution in [-0.4, -0.2) is 0 Å². The Kier molecular flexibility index (Phi) is 4.70. The lowest BCUT2D eigenvalue weighted by atomic mass is 9.91. The second-order valence-corrected chi connectivity index (χ2v) is 6.45. The number of anilines is 2. The highest BCUT2D eigenvalue weighted by molar-refractivity contribution is 7.34. The number of halogens is 3. The SMILES string of the molecule is Nc1cccc(-c2cc(P=O)cc(-c3cccc(N)c3)c2C(F)(F)F)c1. The molecule has 0 aliphatic heterocycles. The summed E-state index contributed by atoms with van der Waals surface area (Å²) in [4.78, 5) is 0. The summed E-state index contributed by atoms with van der Waals surface area (Å²) in [5, 5.41) is 0.229. The van der Waals surface area contributed by atoms with Crippen molar-refractivity contribution >= 4 is 25.1 Å². The van der Waals surface area contributed by atoms with Gasteiger partial charge in [-0.05, 0) is 58.7 Å². The maximum Gasteiger partial charge on any atom is 0.417 e. The molecular weight excluding hydrogens is 360 g/mol. The molecule has 0 bridgehead atoms. The Bertz CT molecular complexity index is 920. The fraction of sp³-hybridized carbons (Fsp3) is 0.0526. The van der Waals surface area contributed by atoms with Gasteiger partial charge in [0, 0.05) is 16.7 Å². The second-order valence-electron chi connectivity index (χ2n) is 5.76. The summed E-state index contributed by atoms with van der Waals surface area (Å²) < 4.78 is 53.4. The summed E-state index contributed by atoms with van der Waals surface area (Å²) >= 11 is 0. The average molecular weight is 374 g/mol. The molecule has 0 radical (unpaired) electrons. The van der Waals surface area contributed by atoms with E-state index in [9.17, 15) is 17.7 Å². The first-order valence-electron chi connectivity index (χ1n) is 7.60. The van der Waals surface area contributed by atoms with Crippen LogP contribution in [-0.2, 0) is 10.7 Å². The van der Waals surface area contributed by atoms with E-state index in [1.807, 2.05) is 0 Å². The Hall–Kier alpha value is -2.85. The van der Waals surface area contributed by atoms with Crippen LogP contribution < -0.4 is 16.8 Å². The van der Waals surface area contributed by atoms with Crippen LogP contribution in [0, 0.1) is 0 Å². The third-order valence-electron chi connectivity index (χ3n) is 3.91. The number of hydrogen-bond donors (Lipinski definition) is 2. The van der Waals surface area contributed by atoms with Gasteiger partial charge in [-0.3, -0.25) is 4.57 Å². The van der Waals surface area contributed by atoms with Gasteiger partial charge in [0.15, 0.2) is 8.46 Å². The quantitative estimate of drug-likeness (QED) is 0.494. The minimum absolute atomic E-state index is 0.0805. The zero-order valence-corrected chi connectivity index (χ0v) is 14.3. The lowest BCUT2D eigenvalue weighted by molar-refractivity contribution is -0.136. The maximum atomic E-state index is 14.0. The number of rotatable bonds is 3. The summed E-state index contributed by atoms with van der Waals surface area (Å²) in [6.07, 6.45) is -4.63. The standard InChI is InChI=1S/C19H14F3N2OP/c20-19(21,22)18-16(11-3-1-5-13(23)7-11)9-15(26-25)10-17(18)12-4-2-6-14(24)8-12/h1-10H,23-24H2. The largest absolute Gasteiger partial charge is 0.417 e. The molecule has 4 N–H and O–H groups in total. The first kappa shape index (κ1) is 18.0. The van der Waals surface area contributed by atoms with Crippen LogP contribution in [0.15, 0.2) is 60.7 Å². The molecule has 0 aromatic heterocycles. The first-order valence-corrected chi connectivity index (χ1v) is 8.41. The molecule has 0 saturated heterocycles. The Balaban J connectivity index is 2.40. The minimum Gasteiger partial charge on any atom is -0.399 e. The highest BCUT2D eigenvalue weighted by atomic mass is 31.1. The van der Waals surface area contributed by atoms with Gasteiger partial charge in [-0.15, -0.1) is 0 Å². The molecule has 0 atom stereocenters. The van der Waals surface area contributed by atoms with E-state index in [0.29, 0.717) is 22.5 Å². The molecule has 0 aliphatic carbocycles. The van der Waals surface area contributed by atoms with Crippen LogP contribution in [0.3, 0.4) is 0 Å². The van der Waals surface area contributed by atoms with Crippen molar-refractivity contribution in [1.82, 2.24) is 0 Å². The molecule has 0 unspecified atom stereocenters. The average Bonchev–Trinajstić information content (AvgIpc) is 2.59. The normalized spacial score (nSPS) is 11.7. The molecule has 0 amide bonds. The maximum absolute atomic E-state index is 14.0. The van der Waals surface area contributed by atoms with Crippen molar-refractivity contribution in [2.24, 2.45) is 0 Å². The van der Waals surface area contributed by atoms with Crippen LogP contribution in [0.1, 0.15) is 5.56 Å². The van der Waals surface area contributed by atoms with E-state index in [1.165, 1.54) is 36.4 Å². The molecule has 0 heterocycles. The lowest BCUT2D eigenvalue weighted by Gasteiger charge is -2.19. The van der Waals surface area contributed by atoms with E-state index in [0.717, 1.165) is 0 Å². The van der Waals surface area contributed by atoms with Gasteiger partial charge < -0.3 is 11.5 Å². The number of alkyl halides is 3. The fourth-order valence-electron chi connectivity index (χ4n) is 2.85. The van der Waals surface area contributed by atoms with Gasteiger partial charge in [0.1, 0.15) is 0 Å². The summed E-state index contributed by atoms with van der Waals surface area (Å²) in [6, 6.07) is 14.9. The van der Waals surface area contributed by atoms with Crippen LogP contribution in [0.2, 0.25) is 0 Å². The van der Waals surface area contributed by atoms with Crippen molar-refractivity contribution in [2.75, 3.05) is 11.5 Å². The van der Waals surface area contributed by atoms with Gasteiger partial charge in [-0.25, -0.2) is 0 Å². The summed E-state index contributed by atoms with van der Waals surface area (Å²) in [6.45, 7) is 0. The van der Waals surface area contributed by atoms with Crippen LogP contribution in [0.4, 0.5) is 24.5 Å². The van der Waals surface area contributed by atoms with Crippen LogP contribution in [0.5, 0.6) is 0 Å². The Labute approximate surface area is 149 Å². The number of hydrogen-bond acceptors (Lipinski definition) is 3. The van der Waals surface area contributed by atoms with Crippen molar-refractivity contribution in [3.8, 4) is 22.3 Å². The molecule has 7 heteroatoms. The van der Waals surface area contributed by atoms with Crippen molar-refractivity contribution < 1.29 is 17.7 Å². The number of nitrogen functional groups attached to an aromatic ring is 2. The number of benzene rings is 3. The monoisotopic (exact) mass is 374 g/mol. The van der Waals surface area contributed by atoms with Crippen molar-refractivity contribution in [1.29, 1.82) is 0 Å². The molecule has 3 aromatic rings. The minimum atomic E-state index is -4.63. The van der Waals surface area contributed by atoms with Crippen molar-refractivity contribution in [2.45, 2.75) is 6.18 Å². The van der Waals surface area contributed by atoms with Crippen molar-refractivity contribution in [3.63, 3.8) is 0 Å². The lowest BCUT2D eigenvalue weighted by Crippen LogP contribution is -2.12. The van der Waals surface area contributed by atoms with Gasteiger partial charge in [0.25, 0.3) is 0 Å². The van der Waals surface area contributed by atoms with E-state index in [1.54, 1.807) is 24.3 Å². The zero-order chi connectivity index (χ0) is 18.9. The molecular formula is C19H14F3N2OP. The molecule has 3 nitrogen and oxygen atoms in total. The molecule has 0 aliphatic rings. The third-order valence-corrected chi connectivity index (χ3v) is 4.38. The van der Waals surface area contributed by atoms with Gasteiger partial charge in [0.2, 0.25) is 0 Å². The van der Waals surface area contributed by atoms with Gasteiger partial charge in [-0.2, -0.15) is 13.2 Å². The van der Waals surface area contributed by atoms with E-state index < -0.39 is 11.7 Å². The third kappa shape index (κ3) is 3.55. The van der Waals surface area contributed by atoms with Crippen LogP contribution >= 0.6 is 8.46 Å². The predicted molar refractivity (Wildman–Crippen MR) is 98.4 cm³/mol. The smallest absolute Gasteiger partial charge is 0.399 e. The molecule has 0 spiro atoms. The van der Waals surface area contributed by atoms with E-state index in [-0.39, 0.29) is 24.9 Å². The van der Waals surface area contributed by atoms with Gasteiger partial charge in [-0.1, -0.05) is 24.3 Å². The molecule has 3 rings (SSSR count). The van der Waals surface area contributed by atoms with E-state index >= 15 is 0 Å². The molecule has 26 heavy (non-hydrogen) atoms. The first-order chi connectivity index (χ1) is 12.3. The Morgan fingerprint density at radius 1 is 0.769 bits per heavy atom. The Morgan fingerprint density at radius 3 is 1.58 bits per heavy atom. The highest BCUT2D eigenvalue weighted by Crippen LogP contribution is 2.43. The van der Waals surface area contributed by atoms with Crippen molar-refractivity contribution in [3.05, 3.63) is 66.2 Å². The van der Waals surface area contributed by atoms with Gasteiger partial charge >= 0.3 is 6.18 Å². The van der Waals surface area contributed by atoms with E-state index in [2.05, 4.69) is 0 Å². The summed E-state index contributed by atoms with van der Waals surface area (Å²) in [7, 11) is -0.379. The number of nitrogens with two attached hydrogens (primary N) is 2. The second kappa shape index (κ2) is 6.81. The molecule has 132 valence electrons. The molecule has 0 fully saturated rings.